The minimum Gasteiger partial charge on any atom is -0.290 e. The van der Waals surface area contributed by atoms with Crippen LogP contribution in [0.15, 0.2) is 56.2 Å². The lowest BCUT2D eigenvalue weighted by Gasteiger charge is -1.93. The minimum absolute atomic E-state index is 0.148. The van der Waals surface area contributed by atoms with Crippen LogP contribution in [-0.4, -0.2) is 9.97 Å². The molecule has 0 unspecified atom stereocenters. The van der Waals surface area contributed by atoms with Crippen LogP contribution in [0.1, 0.15) is 5.56 Å². The van der Waals surface area contributed by atoms with E-state index < -0.39 is 11.2 Å². The molecule has 0 aliphatic heterocycles. The molecule has 6 heteroatoms. The van der Waals surface area contributed by atoms with E-state index >= 15 is 0 Å². The van der Waals surface area contributed by atoms with E-state index in [1.165, 1.54) is 6.07 Å². The molecule has 1 aromatic carbocycles. The molecule has 86 valence electrons. The maximum absolute atomic E-state index is 11.0. The van der Waals surface area contributed by atoms with Crippen molar-refractivity contribution in [3.05, 3.63) is 62.8 Å². The van der Waals surface area contributed by atoms with Gasteiger partial charge < -0.3 is 0 Å². The monoisotopic (exact) mass is 230 g/mol. The van der Waals surface area contributed by atoms with Crippen LogP contribution in [0, 0.1) is 0 Å². The van der Waals surface area contributed by atoms with Crippen LogP contribution in [-0.2, 0) is 6.54 Å². The Morgan fingerprint density at radius 2 is 1.82 bits per heavy atom. The third kappa shape index (κ3) is 3.23. The average molecular weight is 230 g/mol. The Balaban J connectivity index is 2.11. The summed E-state index contributed by atoms with van der Waals surface area (Å²) in [6, 6.07) is 10.7. The molecule has 0 radical (unpaired) electrons. The van der Waals surface area contributed by atoms with Gasteiger partial charge in [0.1, 0.15) is 0 Å². The average Bonchev–Trinajstić information content (AvgIpc) is 2.29. The lowest BCUT2D eigenvalue weighted by atomic mass is 10.2. The summed E-state index contributed by atoms with van der Waals surface area (Å²) in [5.74, 6) is 0.148. The van der Waals surface area contributed by atoms with Crippen LogP contribution in [0.25, 0.3) is 0 Å². The fourth-order valence-electron chi connectivity index (χ4n) is 1.29. The first-order valence-corrected chi connectivity index (χ1v) is 4.99. The first kappa shape index (κ1) is 11.0. The van der Waals surface area contributed by atoms with Crippen molar-refractivity contribution in [3.63, 3.8) is 0 Å². The van der Waals surface area contributed by atoms with Crippen molar-refractivity contribution in [2.75, 3.05) is 0 Å². The normalized spacial score (nSPS) is 10.8. The van der Waals surface area contributed by atoms with Gasteiger partial charge in [0, 0.05) is 6.07 Å². The summed E-state index contributed by atoms with van der Waals surface area (Å²) in [6.45, 7) is 0.398. The molecular formula is C11H10N4O2. The highest BCUT2D eigenvalue weighted by molar-refractivity contribution is 5.21. The molecule has 6 nitrogen and oxygen atoms in total. The van der Waals surface area contributed by atoms with Gasteiger partial charge in [-0.1, -0.05) is 30.3 Å². The van der Waals surface area contributed by atoms with Gasteiger partial charge in [0.05, 0.1) is 6.54 Å². The van der Waals surface area contributed by atoms with E-state index in [1.807, 2.05) is 30.3 Å². The molecule has 0 aliphatic carbocycles. The van der Waals surface area contributed by atoms with E-state index in [1.54, 1.807) is 0 Å². The van der Waals surface area contributed by atoms with Crippen molar-refractivity contribution >= 4 is 5.82 Å². The van der Waals surface area contributed by atoms with E-state index in [0.717, 1.165) is 5.56 Å². The van der Waals surface area contributed by atoms with Gasteiger partial charge in [-0.3, -0.25) is 14.8 Å². The zero-order valence-electron chi connectivity index (χ0n) is 8.88. The van der Waals surface area contributed by atoms with Crippen LogP contribution in [0.4, 0.5) is 5.82 Å². The van der Waals surface area contributed by atoms with Crippen molar-refractivity contribution in [2.24, 2.45) is 10.2 Å². The second kappa shape index (κ2) is 5.02. The second-order valence-corrected chi connectivity index (χ2v) is 3.36. The zero-order valence-corrected chi connectivity index (χ0v) is 8.88. The zero-order chi connectivity index (χ0) is 12.1. The maximum atomic E-state index is 11.0. The Kier molecular flexibility index (Phi) is 3.25. The van der Waals surface area contributed by atoms with Gasteiger partial charge in [0.15, 0.2) is 5.82 Å². The number of nitrogens with one attached hydrogen (secondary N) is 2. The highest BCUT2D eigenvalue weighted by Gasteiger charge is 1.93. The Morgan fingerprint density at radius 3 is 2.53 bits per heavy atom. The molecule has 2 aromatic rings. The maximum Gasteiger partial charge on any atom is 0.327 e. The van der Waals surface area contributed by atoms with Crippen LogP contribution in [0.3, 0.4) is 0 Å². The number of aromatic amines is 2. The second-order valence-electron chi connectivity index (χ2n) is 3.36. The fraction of sp³-hybridized carbons (Fsp3) is 0.0909. The standard InChI is InChI=1S/C11H10N4O2/c16-10-6-9(13-11(17)14-10)15-12-7-8-4-2-1-3-5-8/h1-6H,7H2,(H2,13,14,16,17). The molecule has 17 heavy (non-hydrogen) atoms. The number of H-pyrrole nitrogens is 2. The van der Waals surface area contributed by atoms with Gasteiger partial charge in [-0.15, -0.1) is 5.11 Å². The minimum atomic E-state index is -0.592. The third-order valence-electron chi connectivity index (χ3n) is 2.02. The van der Waals surface area contributed by atoms with Crippen LogP contribution in [0.2, 0.25) is 0 Å². The Labute approximate surface area is 96.1 Å². The molecule has 0 spiro atoms. The number of benzene rings is 1. The predicted molar refractivity (Wildman–Crippen MR) is 62.3 cm³/mol. The van der Waals surface area contributed by atoms with Gasteiger partial charge in [0.2, 0.25) is 0 Å². The predicted octanol–water partition coefficient (Wildman–Crippen LogP) is 1.35. The summed E-state index contributed by atoms with van der Waals surface area (Å²) in [7, 11) is 0. The topological polar surface area (TPSA) is 90.4 Å². The van der Waals surface area contributed by atoms with Crippen molar-refractivity contribution in [1.82, 2.24) is 9.97 Å². The number of rotatable bonds is 3. The molecule has 0 fully saturated rings. The number of hydrogen-bond donors (Lipinski definition) is 2. The Bertz CT molecular complexity index is 599. The van der Waals surface area contributed by atoms with E-state index in [9.17, 15) is 9.59 Å². The van der Waals surface area contributed by atoms with Crippen LogP contribution >= 0.6 is 0 Å². The third-order valence-corrected chi connectivity index (χ3v) is 2.02. The number of nitrogens with zero attached hydrogens (tertiary/aromatic N) is 2. The lowest BCUT2D eigenvalue weighted by molar-refractivity contribution is 0.927. The van der Waals surface area contributed by atoms with Gasteiger partial charge in [0.25, 0.3) is 5.56 Å². The highest BCUT2D eigenvalue weighted by atomic mass is 16.2. The van der Waals surface area contributed by atoms with E-state index in [-0.39, 0.29) is 5.82 Å². The van der Waals surface area contributed by atoms with Crippen molar-refractivity contribution < 1.29 is 0 Å². The summed E-state index contributed by atoms with van der Waals surface area (Å²) >= 11 is 0. The molecule has 2 N–H and O–H groups in total. The molecule has 0 saturated heterocycles. The molecule has 0 amide bonds. The number of aromatic nitrogens is 2. The first-order valence-electron chi connectivity index (χ1n) is 4.99. The SMILES string of the molecule is O=c1cc(N=NCc2ccccc2)[nH]c(=O)[nH]1. The number of azo groups is 1. The highest BCUT2D eigenvalue weighted by Crippen LogP contribution is 2.05. The van der Waals surface area contributed by atoms with Gasteiger partial charge in [-0.2, -0.15) is 5.11 Å². The van der Waals surface area contributed by atoms with E-state index in [4.69, 9.17) is 0 Å². The molecule has 0 bridgehead atoms. The summed E-state index contributed by atoms with van der Waals surface area (Å²) in [4.78, 5) is 26.3. The summed E-state index contributed by atoms with van der Waals surface area (Å²) in [6.07, 6.45) is 0. The first-order chi connectivity index (χ1) is 8.24. The smallest absolute Gasteiger partial charge is 0.290 e. The lowest BCUT2D eigenvalue weighted by Crippen LogP contribution is -2.20. The number of hydrogen-bond acceptors (Lipinski definition) is 4. The largest absolute Gasteiger partial charge is 0.327 e. The van der Waals surface area contributed by atoms with Crippen LogP contribution in [0.5, 0.6) is 0 Å². The summed E-state index contributed by atoms with van der Waals surface area (Å²) in [5.41, 5.74) is -0.0861. The quantitative estimate of drug-likeness (QED) is 0.779. The molecule has 0 saturated carbocycles. The fourth-order valence-corrected chi connectivity index (χ4v) is 1.29. The van der Waals surface area contributed by atoms with Gasteiger partial charge in [-0.05, 0) is 5.56 Å². The van der Waals surface area contributed by atoms with Crippen molar-refractivity contribution in [1.29, 1.82) is 0 Å². The molecule has 1 heterocycles. The Morgan fingerprint density at radius 1 is 1.06 bits per heavy atom. The van der Waals surface area contributed by atoms with Gasteiger partial charge in [-0.25, -0.2) is 4.79 Å². The van der Waals surface area contributed by atoms with Crippen molar-refractivity contribution in [3.8, 4) is 0 Å². The Hall–Kier alpha value is -2.50. The molecule has 0 aliphatic rings. The van der Waals surface area contributed by atoms with Gasteiger partial charge >= 0.3 is 5.69 Å². The molecule has 0 atom stereocenters. The van der Waals surface area contributed by atoms with E-state index in [2.05, 4.69) is 20.2 Å². The van der Waals surface area contributed by atoms with Crippen LogP contribution < -0.4 is 11.2 Å². The summed E-state index contributed by atoms with van der Waals surface area (Å²) in [5, 5.41) is 7.67. The molecular weight excluding hydrogens is 220 g/mol. The van der Waals surface area contributed by atoms with Crippen molar-refractivity contribution in [2.45, 2.75) is 6.54 Å². The summed E-state index contributed by atoms with van der Waals surface area (Å²) < 4.78 is 0. The van der Waals surface area contributed by atoms with E-state index in [0.29, 0.717) is 6.54 Å². The molecule has 2 rings (SSSR count). The molecule has 1 aromatic heterocycles.